The van der Waals surface area contributed by atoms with Gasteiger partial charge in [-0.3, -0.25) is 0 Å². The first-order chi connectivity index (χ1) is 6.83. The van der Waals surface area contributed by atoms with Gasteiger partial charge in [0.15, 0.2) is 0 Å². The molecule has 0 aliphatic carbocycles. The van der Waals surface area contributed by atoms with Gasteiger partial charge in [-0.05, 0) is 24.8 Å². The van der Waals surface area contributed by atoms with E-state index in [1.165, 1.54) is 5.56 Å². The highest BCUT2D eigenvalue weighted by Crippen LogP contribution is 2.05. The molecule has 1 atom stereocenters. The molecule has 76 valence electrons. The minimum Gasteiger partial charge on any atom is -0.393 e. The molecule has 1 rings (SSSR count). The number of aliphatic hydroxyl groups is 1. The maximum atomic E-state index is 9.32. The Morgan fingerprint density at radius 1 is 1.29 bits per heavy atom. The van der Waals surface area contributed by atoms with Gasteiger partial charge in [0.05, 0.1) is 6.10 Å². The van der Waals surface area contributed by atoms with Crippen LogP contribution in [0.3, 0.4) is 0 Å². The van der Waals surface area contributed by atoms with Crippen LogP contribution in [0.4, 0.5) is 0 Å². The first-order valence-electron chi connectivity index (χ1n) is 5.22. The minimum atomic E-state index is -0.143. The Balaban J connectivity index is 2.28. The molecule has 1 N–H and O–H groups in total. The normalized spacial score (nSPS) is 13.3. The molecule has 0 aliphatic heterocycles. The van der Waals surface area contributed by atoms with Crippen LogP contribution in [-0.2, 0) is 0 Å². The Morgan fingerprint density at radius 2 is 2.00 bits per heavy atom. The molecule has 0 amide bonds. The third-order valence-corrected chi connectivity index (χ3v) is 2.25. The Bertz CT molecular complexity index is 264. The highest BCUT2D eigenvalue weighted by Gasteiger charge is 1.96. The number of hydrogen-bond acceptors (Lipinski definition) is 1. The molecule has 1 unspecified atom stereocenters. The molecule has 1 aromatic carbocycles. The Kier molecular flexibility index (Phi) is 5.02. The summed E-state index contributed by atoms with van der Waals surface area (Å²) in [4.78, 5) is 0. The quantitative estimate of drug-likeness (QED) is 0.755. The fourth-order valence-corrected chi connectivity index (χ4v) is 1.28. The number of aliphatic hydroxyl groups excluding tert-OH is 1. The number of rotatable bonds is 5. The maximum absolute atomic E-state index is 9.32. The van der Waals surface area contributed by atoms with Crippen molar-refractivity contribution >= 4 is 6.08 Å². The molecule has 0 heterocycles. The maximum Gasteiger partial charge on any atom is 0.0540 e. The smallest absolute Gasteiger partial charge is 0.0540 e. The summed E-state index contributed by atoms with van der Waals surface area (Å²) in [6.45, 7) is 2.01. The molecule has 1 aromatic rings. The molecular weight excluding hydrogens is 172 g/mol. The van der Waals surface area contributed by atoms with Crippen LogP contribution >= 0.6 is 0 Å². The second-order valence-electron chi connectivity index (χ2n) is 3.45. The van der Waals surface area contributed by atoms with Crippen molar-refractivity contribution in [2.75, 3.05) is 0 Å². The Labute approximate surface area is 86.1 Å². The molecule has 0 fully saturated rings. The second kappa shape index (κ2) is 6.39. The molecule has 0 spiro atoms. The third-order valence-electron chi connectivity index (χ3n) is 2.25. The van der Waals surface area contributed by atoms with Gasteiger partial charge >= 0.3 is 0 Å². The van der Waals surface area contributed by atoms with Crippen LogP contribution < -0.4 is 0 Å². The fourth-order valence-electron chi connectivity index (χ4n) is 1.28. The van der Waals surface area contributed by atoms with Crippen molar-refractivity contribution in [1.29, 1.82) is 0 Å². The van der Waals surface area contributed by atoms with E-state index >= 15 is 0 Å². The van der Waals surface area contributed by atoms with Crippen molar-refractivity contribution in [1.82, 2.24) is 0 Å². The van der Waals surface area contributed by atoms with Crippen molar-refractivity contribution in [3.05, 3.63) is 42.0 Å². The van der Waals surface area contributed by atoms with Crippen LogP contribution in [0.25, 0.3) is 6.08 Å². The summed E-state index contributed by atoms with van der Waals surface area (Å²) >= 11 is 0. The molecule has 0 saturated heterocycles. The van der Waals surface area contributed by atoms with Crippen molar-refractivity contribution in [3.63, 3.8) is 0 Å². The zero-order valence-electron chi connectivity index (χ0n) is 8.69. The van der Waals surface area contributed by atoms with Gasteiger partial charge in [-0.1, -0.05) is 49.4 Å². The molecule has 0 bridgehead atoms. The van der Waals surface area contributed by atoms with Gasteiger partial charge in [0.25, 0.3) is 0 Å². The van der Waals surface area contributed by atoms with E-state index in [-0.39, 0.29) is 6.10 Å². The van der Waals surface area contributed by atoms with Gasteiger partial charge in [0, 0.05) is 0 Å². The Morgan fingerprint density at radius 3 is 2.64 bits per heavy atom. The van der Waals surface area contributed by atoms with Crippen LogP contribution in [0.5, 0.6) is 0 Å². The monoisotopic (exact) mass is 190 g/mol. The van der Waals surface area contributed by atoms with E-state index in [0.717, 1.165) is 19.3 Å². The van der Waals surface area contributed by atoms with E-state index in [0.29, 0.717) is 0 Å². The van der Waals surface area contributed by atoms with Gasteiger partial charge in [-0.15, -0.1) is 0 Å². The Hall–Kier alpha value is -1.08. The minimum absolute atomic E-state index is 0.143. The lowest BCUT2D eigenvalue weighted by Crippen LogP contribution is -2.02. The molecular formula is C13H18O. The fraction of sp³-hybridized carbons (Fsp3) is 0.385. The van der Waals surface area contributed by atoms with Gasteiger partial charge in [0.2, 0.25) is 0 Å². The lowest BCUT2D eigenvalue weighted by atomic mass is 10.1. The zero-order chi connectivity index (χ0) is 10.2. The summed E-state index contributed by atoms with van der Waals surface area (Å²) in [7, 11) is 0. The summed E-state index contributed by atoms with van der Waals surface area (Å²) in [6, 6.07) is 10.2. The van der Waals surface area contributed by atoms with Crippen molar-refractivity contribution in [3.8, 4) is 0 Å². The van der Waals surface area contributed by atoms with Gasteiger partial charge in [-0.25, -0.2) is 0 Å². The van der Waals surface area contributed by atoms with Gasteiger partial charge in [-0.2, -0.15) is 0 Å². The summed E-state index contributed by atoms with van der Waals surface area (Å²) in [5, 5.41) is 9.32. The van der Waals surface area contributed by atoms with Crippen LogP contribution in [0.2, 0.25) is 0 Å². The average molecular weight is 190 g/mol. The number of hydrogen-bond donors (Lipinski definition) is 1. The first-order valence-corrected chi connectivity index (χ1v) is 5.22. The summed E-state index contributed by atoms with van der Waals surface area (Å²) < 4.78 is 0. The SMILES string of the molecule is CCC(O)CC/C=C/c1ccccc1. The summed E-state index contributed by atoms with van der Waals surface area (Å²) in [6.07, 6.45) is 6.73. The van der Waals surface area contributed by atoms with E-state index in [2.05, 4.69) is 24.3 Å². The van der Waals surface area contributed by atoms with Crippen LogP contribution in [0.15, 0.2) is 36.4 Å². The zero-order valence-corrected chi connectivity index (χ0v) is 8.69. The lowest BCUT2D eigenvalue weighted by Gasteiger charge is -2.03. The molecule has 14 heavy (non-hydrogen) atoms. The van der Waals surface area contributed by atoms with E-state index < -0.39 is 0 Å². The summed E-state index contributed by atoms with van der Waals surface area (Å²) in [5.74, 6) is 0. The highest BCUT2D eigenvalue weighted by atomic mass is 16.3. The second-order valence-corrected chi connectivity index (χ2v) is 3.45. The molecule has 0 radical (unpaired) electrons. The lowest BCUT2D eigenvalue weighted by molar-refractivity contribution is 0.161. The number of allylic oxidation sites excluding steroid dienone is 1. The van der Waals surface area contributed by atoms with Crippen LogP contribution in [0.1, 0.15) is 31.7 Å². The largest absolute Gasteiger partial charge is 0.393 e. The molecule has 1 nitrogen and oxygen atoms in total. The molecule has 0 aromatic heterocycles. The van der Waals surface area contributed by atoms with Crippen molar-refractivity contribution in [2.45, 2.75) is 32.3 Å². The van der Waals surface area contributed by atoms with Gasteiger partial charge in [0.1, 0.15) is 0 Å². The van der Waals surface area contributed by atoms with E-state index in [1.54, 1.807) is 0 Å². The third kappa shape index (κ3) is 4.24. The standard InChI is InChI=1S/C13H18O/c1-2-13(14)11-7-6-10-12-8-4-3-5-9-12/h3-6,8-10,13-14H,2,7,11H2,1H3/b10-6+. The van der Waals surface area contributed by atoms with Crippen molar-refractivity contribution < 1.29 is 5.11 Å². The molecule has 1 heteroatoms. The summed E-state index contributed by atoms with van der Waals surface area (Å²) in [5.41, 5.74) is 1.22. The van der Waals surface area contributed by atoms with Crippen molar-refractivity contribution in [2.24, 2.45) is 0 Å². The van der Waals surface area contributed by atoms with E-state index in [1.807, 2.05) is 25.1 Å². The van der Waals surface area contributed by atoms with Gasteiger partial charge < -0.3 is 5.11 Å². The first kappa shape index (κ1) is 11.0. The van der Waals surface area contributed by atoms with Crippen LogP contribution in [0, 0.1) is 0 Å². The van der Waals surface area contributed by atoms with E-state index in [9.17, 15) is 5.11 Å². The highest BCUT2D eigenvalue weighted by molar-refractivity contribution is 5.48. The molecule has 0 aliphatic rings. The average Bonchev–Trinajstić information content (AvgIpc) is 2.25. The topological polar surface area (TPSA) is 20.2 Å². The predicted octanol–water partition coefficient (Wildman–Crippen LogP) is 3.25. The van der Waals surface area contributed by atoms with Crippen LogP contribution in [-0.4, -0.2) is 11.2 Å². The molecule has 0 saturated carbocycles. The number of benzene rings is 1. The van der Waals surface area contributed by atoms with E-state index in [4.69, 9.17) is 0 Å². The predicted molar refractivity (Wildman–Crippen MR) is 61.0 cm³/mol.